The smallest absolute Gasteiger partial charge is 0.131 e. The molecule has 0 aliphatic heterocycles. The van der Waals surface area contributed by atoms with E-state index in [-0.39, 0.29) is 0 Å². The van der Waals surface area contributed by atoms with Crippen molar-refractivity contribution < 1.29 is 4.74 Å². The molecule has 2 aliphatic carbocycles. The standard InChI is InChI=1S/C64H98N4O/c1-5-9-13-17-19-21-25-29-55-47-65-63(66-48-55)57-37-31-53(32-38-57)45-59-43-51(27-23-15-11-7-3)35-41-61(59)69-62-42-36-52(28-24-16-12-8-4)44-60(62)46-54-33-39-58(40-34-54)64-67-49-56(50-68-64)30-26-22-20-18-14-10-6-2/h35-36,41-44,47-50,53-54,57-58H,5-34,37-40,45-46H2,1-4H3. The highest BCUT2D eigenvalue weighted by atomic mass is 16.5. The van der Waals surface area contributed by atoms with Crippen LogP contribution in [-0.4, -0.2) is 19.9 Å². The molecule has 2 saturated carbocycles. The molecule has 0 amide bonds. The van der Waals surface area contributed by atoms with Crippen LogP contribution in [0.2, 0.25) is 0 Å². The zero-order chi connectivity index (χ0) is 48.1. The number of ether oxygens (including phenoxy) is 1. The van der Waals surface area contributed by atoms with Crippen molar-refractivity contribution in [1.29, 1.82) is 0 Å². The van der Waals surface area contributed by atoms with Crippen molar-refractivity contribution >= 4 is 0 Å². The van der Waals surface area contributed by atoms with Crippen LogP contribution in [-0.2, 0) is 38.5 Å². The summed E-state index contributed by atoms with van der Waals surface area (Å²) in [4.78, 5) is 19.8. The molecule has 2 aromatic heterocycles. The quantitative estimate of drug-likeness (QED) is 0.0437. The largest absolute Gasteiger partial charge is 0.457 e. The summed E-state index contributed by atoms with van der Waals surface area (Å²) in [5.74, 6) is 6.55. The Kier molecular flexibility index (Phi) is 25.7. The lowest BCUT2D eigenvalue weighted by Gasteiger charge is -2.29. The molecular formula is C64H98N4O. The van der Waals surface area contributed by atoms with Gasteiger partial charge in [0.25, 0.3) is 0 Å². The number of benzene rings is 2. The van der Waals surface area contributed by atoms with Gasteiger partial charge in [0.05, 0.1) is 0 Å². The molecule has 5 heteroatoms. The Bertz CT molecular complexity index is 1800. The van der Waals surface area contributed by atoms with Gasteiger partial charge < -0.3 is 4.74 Å². The van der Waals surface area contributed by atoms with E-state index in [0.717, 1.165) is 61.7 Å². The van der Waals surface area contributed by atoms with Crippen molar-refractivity contribution in [2.75, 3.05) is 0 Å². The van der Waals surface area contributed by atoms with Gasteiger partial charge in [-0.15, -0.1) is 0 Å². The third-order valence-corrected chi connectivity index (χ3v) is 16.1. The molecule has 0 N–H and O–H groups in total. The Labute approximate surface area is 423 Å². The minimum atomic E-state index is 0.477. The Morgan fingerprint density at radius 2 is 0.667 bits per heavy atom. The zero-order valence-electron chi connectivity index (χ0n) is 44.7. The summed E-state index contributed by atoms with van der Waals surface area (Å²) in [6.07, 6.45) is 54.0. The van der Waals surface area contributed by atoms with Crippen molar-refractivity contribution in [2.24, 2.45) is 11.8 Å². The van der Waals surface area contributed by atoms with E-state index in [9.17, 15) is 0 Å². The maximum Gasteiger partial charge on any atom is 0.131 e. The summed E-state index contributed by atoms with van der Waals surface area (Å²) in [5.41, 5.74) is 8.36. The highest BCUT2D eigenvalue weighted by Gasteiger charge is 2.27. The van der Waals surface area contributed by atoms with Crippen LogP contribution in [0.4, 0.5) is 0 Å². The van der Waals surface area contributed by atoms with Gasteiger partial charge in [0.1, 0.15) is 23.1 Å². The van der Waals surface area contributed by atoms with E-state index in [1.807, 2.05) is 0 Å². The second-order valence-corrected chi connectivity index (χ2v) is 22.1. The second kappa shape index (κ2) is 32.4. The summed E-state index contributed by atoms with van der Waals surface area (Å²) < 4.78 is 7.20. The fourth-order valence-corrected chi connectivity index (χ4v) is 11.6. The van der Waals surface area contributed by atoms with Crippen LogP contribution in [0.1, 0.15) is 277 Å². The first-order chi connectivity index (χ1) is 34.0. The molecule has 0 saturated heterocycles. The number of hydrogen-bond donors (Lipinski definition) is 0. The molecular weight excluding hydrogens is 841 g/mol. The first kappa shape index (κ1) is 54.7. The highest BCUT2D eigenvalue weighted by molar-refractivity contribution is 5.45. The maximum atomic E-state index is 7.20. The molecule has 0 spiro atoms. The molecule has 2 aliphatic rings. The molecule has 0 atom stereocenters. The lowest BCUT2D eigenvalue weighted by Crippen LogP contribution is -2.18. The van der Waals surface area contributed by atoms with Gasteiger partial charge in [-0.1, -0.05) is 168 Å². The molecule has 2 aromatic carbocycles. The molecule has 0 unspecified atom stereocenters. The van der Waals surface area contributed by atoms with Crippen LogP contribution in [0.25, 0.3) is 0 Å². The van der Waals surface area contributed by atoms with Gasteiger partial charge in [0.2, 0.25) is 0 Å². The summed E-state index contributed by atoms with van der Waals surface area (Å²) in [6.45, 7) is 9.20. The van der Waals surface area contributed by atoms with Gasteiger partial charge in [-0.05, 0) is 173 Å². The average molecular weight is 940 g/mol. The van der Waals surface area contributed by atoms with E-state index in [0.29, 0.717) is 23.7 Å². The zero-order valence-corrected chi connectivity index (χ0v) is 44.7. The molecule has 6 rings (SSSR count). The fourth-order valence-electron chi connectivity index (χ4n) is 11.6. The summed E-state index contributed by atoms with van der Waals surface area (Å²) >= 11 is 0. The normalized spacial score (nSPS) is 18.4. The molecule has 0 bridgehead atoms. The number of unbranched alkanes of at least 4 members (excludes halogenated alkanes) is 18. The van der Waals surface area contributed by atoms with Crippen LogP contribution < -0.4 is 4.74 Å². The fraction of sp³-hybridized carbons (Fsp3) is 0.688. The average Bonchev–Trinajstić information content (AvgIpc) is 3.38. The number of nitrogens with zero attached hydrogens (tertiary/aromatic N) is 4. The van der Waals surface area contributed by atoms with E-state index < -0.39 is 0 Å². The van der Waals surface area contributed by atoms with Crippen molar-refractivity contribution in [1.82, 2.24) is 19.9 Å². The Balaban J connectivity index is 1.07. The van der Waals surface area contributed by atoms with Crippen molar-refractivity contribution in [3.8, 4) is 11.5 Å². The van der Waals surface area contributed by atoms with Gasteiger partial charge in [-0.3, -0.25) is 0 Å². The minimum Gasteiger partial charge on any atom is -0.457 e. The number of hydrogen-bond acceptors (Lipinski definition) is 5. The second-order valence-electron chi connectivity index (χ2n) is 22.1. The monoisotopic (exact) mass is 939 g/mol. The Hall–Kier alpha value is -3.60. The predicted octanol–water partition coefficient (Wildman–Crippen LogP) is 18.9. The third-order valence-electron chi connectivity index (χ3n) is 16.1. The number of aromatic nitrogens is 4. The Morgan fingerprint density at radius 1 is 0.362 bits per heavy atom. The van der Waals surface area contributed by atoms with Crippen molar-refractivity contribution in [2.45, 2.75) is 271 Å². The van der Waals surface area contributed by atoms with E-state index in [1.165, 1.54) is 226 Å². The van der Waals surface area contributed by atoms with Gasteiger partial charge in [-0.25, -0.2) is 19.9 Å². The van der Waals surface area contributed by atoms with E-state index in [2.05, 4.69) is 88.9 Å². The Morgan fingerprint density at radius 3 is 1.01 bits per heavy atom. The van der Waals surface area contributed by atoms with E-state index >= 15 is 0 Å². The van der Waals surface area contributed by atoms with Crippen molar-refractivity contribution in [3.63, 3.8) is 0 Å². The summed E-state index contributed by atoms with van der Waals surface area (Å²) in [6, 6.07) is 14.4. The summed E-state index contributed by atoms with van der Waals surface area (Å²) in [7, 11) is 0. The van der Waals surface area contributed by atoms with E-state index in [4.69, 9.17) is 24.7 Å². The highest BCUT2D eigenvalue weighted by Crippen LogP contribution is 2.41. The van der Waals surface area contributed by atoms with Gasteiger partial charge in [-0.2, -0.15) is 0 Å². The molecule has 2 heterocycles. The third kappa shape index (κ3) is 19.8. The van der Waals surface area contributed by atoms with E-state index in [1.54, 1.807) is 0 Å². The molecule has 2 fully saturated rings. The summed E-state index contributed by atoms with van der Waals surface area (Å²) in [5, 5.41) is 0. The number of aryl methyl sites for hydroxylation is 4. The van der Waals surface area contributed by atoms with Crippen LogP contribution >= 0.6 is 0 Å². The van der Waals surface area contributed by atoms with Crippen LogP contribution in [0.15, 0.2) is 61.2 Å². The lowest BCUT2D eigenvalue weighted by atomic mass is 9.78. The molecule has 4 aromatic rings. The first-order valence-electron chi connectivity index (χ1n) is 29.6. The molecule has 69 heavy (non-hydrogen) atoms. The first-order valence-corrected chi connectivity index (χ1v) is 29.6. The maximum absolute atomic E-state index is 7.20. The van der Waals surface area contributed by atoms with Gasteiger partial charge in [0, 0.05) is 36.6 Å². The lowest BCUT2D eigenvalue weighted by molar-refractivity contribution is 0.312. The predicted molar refractivity (Wildman–Crippen MR) is 293 cm³/mol. The molecule has 0 radical (unpaired) electrons. The van der Waals surface area contributed by atoms with Crippen molar-refractivity contribution in [3.05, 3.63) is 106 Å². The van der Waals surface area contributed by atoms with Crippen LogP contribution in [0, 0.1) is 11.8 Å². The SMILES string of the molecule is CCCCCCCCCc1cnc(C2CCC(Cc3cc(CCCCCC)ccc3Oc3ccc(CCCCCC)cc3CC3CCC(c4ncc(CCCCCCCCC)cn4)CC3)CC2)nc1. The van der Waals surface area contributed by atoms with Gasteiger partial charge >= 0.3 is 0 Å². The molecule has 5 nitrogen and oxygen atoms in total. The topological polar surface area (TPSA) is 60.8 Å². The van der Waals surface area contributed by atoms with Gasteiger partial charge in [0.15, 0.2) is 0 Å². The van der Waals surface area contributed by atoms with Crippen LogP contribution in [0.5, 0.6) is 11.5 Å². The number of rotatable bonds is 34. The molecule has 380 valence electrons. The van der Waals surface area contributed by atoms with Crippen LogP contribution in [0.3, 0.4) is 0 Å². The minimum absolute atomic E-state index is 0.477.